The molecule has 1 fully saturated rings. The van der Waals surface area contributed by atoms with E-state index in [0.717, 1.165) is 22.2 Å². The molecule has 0 saturated carbocycles. The molecule has 0 unspecified atom stereocenters. The first-order chi connectivity index (χ1) is 15.5. The van der Waals surface area contributed by atoms with Gasteiger partial charge in [-0.1, -0.05) is 29.4 Å². The Hall–Kier alpha value is -3.52. The van der Waals surface area contributed by atoms with Gasteiger partial charge >= 0.3 is 0 Å². The highest BCUT2D eigenvalue weighted by Crippen LogP contribution is 2.27. The molecule has 4 aromatic rings. The summed E-state index contributed by atoms with van der Waals surface area (Å²) in [6, 6.07) is 13.8. The zero-order valence-corrected chi connectivity index (χ0v) is 18.4. The first-order valence-corrected chi connectivity index (χ1v) is 10.8. The van der Waals surface area contributed by atoms with Crippen LogP contribution >= 0.6 is 0 Å². The lowest BCUT2D eigenvalue weighted by atomic mass is 10.1. The average molecular weight is 431 g/mol. The average Bonchev–Trinajstić information content (AvgIpc) is 3.46. The smallest absolute Gasteiger partial charge is 0.257 e. The Morgan fingerprint density at radius 2 is 2.03 bits per heavy atom. The van der Waals surface area contributed by atoms with Gasteiger partial charge in [-0.25, -0.2) is 4.98 Å². The second-order valence-electron chi connectivity index (χ2n) is 8.33. The SMILES string of the molecule is Cc1ccccc1-c1noc([C@H]2CN(C(=O)c3ccc4c(c3)ncn4C(C)C)CCO2)n1. The molecule has 5 rings (SSSR count). The number of ether oxygens (including phenoxy) is 1. The van der Waals surface area contributed by atoms with Crippen molar-refractivity contribution in [3.8, 4) is 11.4 Å². The molecule has 2 aromatic heterocycles. The van der Waals surface area contributed by atoms with Gasteiger partial charge in [0.2, 0.25) is 5.82 Å². The van der Waals surface area contributed by atoms with Crippen LogP contribution in [-0.4, -0.2) is 50.2 Å². The number of aryl methyl sites for hydroxylation is 1. The zero-order chi connectivity index (χ0) is 22.2. The van der Waals surface area contributed by atoms with Crippen molar-refractivity contribution in [2.24, 2.45) is 0 Å². The molecule has 0 bridgehead atoms. The molecule has 1 amide bonds. The minimum absolute atomic E-state index is 0.0575. The quantitative estimate of drug-likeness (QED) is 0.482. The van der Waals surface area contributed by atoms with Crippen LogP contribution in [0.4, 0.5) is 0 Å². The van der Waals surface area contributed by atoms with Gasteiger partial charge in [0.05, 0.1) is 30.5 Å². The molecule has 1 aliphatic rings. The molecule has 0 spiro atoms. The van der Waals surface area contributed by atoms with Crippen molar-refractivity contribution in [3.05, 3.63) is 65.8 Å². The summed E-state index contributed by atoms with van der Waals surface area (Å²) in [6.07, 6.45) is 1.36. The summed E-state index contributed by atoms with van der Waals surface area (Å²) in [6.45, 7) is 7.48. The summed E-state index contributed by atoms with van der Waals surface area (Å²) < 4.78 is 13.4. The maximum Gasteiger partial charge on any atom is 0.257 e. The van der Waals surface area contributed by atoms with Crippen molar-refractivity contribution >= 4 is 16.9 Å². The van der Waals surface area contributed by atoms with Gasteiger partial charge in [0.1, 0.15) is 0 Å². The lowest BCUT2D eigenvalue weighted by molar-refractivity contribution is -0.0367. The Labute approximate surface area is 185 Å². The molecule has 32 heavy (non-hydrogen) atoms. The number of imidazole rings is 1. The van der Waals surface area contributed by atoms with E-state index >= 15 is 0 Å². The third kappa shape index (κ3) is 3.67. The van der Waals surface area contributed by atoms with Crippen molar-refractivity contribution in [2.75, 3.05) is 19.7 Å². The van der Waals surface area contributed by atoms with Crippen LogP contribution in [0.25, 0.3) is 22.4 Å². The number of hydrogen-bond acceptors (Lipinski definition) is 6. The first kappa shape index (κ1) is 20.4. The van der Waals surface area contributed by atoms with Crippen LogP contribution in [0.3, 0.4) is 0 Å². The number of carbonyl (C=O) groups excluding carboxylic acids is 1. The van der Waals surface area contributed by atoms with E-state index in [-0.39, 0.29) is 5.91 Å². The molecule has 164 valence electrons. The van der Waals surface area contributed by atoms with E-state index in [9.17, 15) is 4.79 Å². The van der Waals surface area contributed by atoms with Crippen LogP contribution in [0.5, 0.6) is 0 Å². The van der Waals surface area contributed by atoms with Crippen molar-refractivity contribution in [1.82, 2.24) is 24.6 Å². The molecule has 2 aromatic carbocycles. The van der Waals surface area contributed by atoms with Crippen LogP contribution in [0.1, 0.15) is 47.8 Å². The van der Waals surface area contributed by atoms with Crippen molar-refractivity contribution in [1.29, 1.82) is 0 Å². The minimum Gasteiger partial charge on any atom is -0.365 e. The van der Waals surface area contributed by atoms with E-state index in [1.165, 1.54) is 0 Å². The fourth-order valence-electron chi connectivity index (χ4n) is 4.04. The van der Waals surface area contributed by atoms with E-state index in [1.807, 2.05) is 55.7 Å². The van der Waals surface area contributed by atoms with Crippen LogP contribution in [0.15, 0.2) is 53.3 Å². The number of hydrogen-bond donors (Lipinski definition) is 0. The number of rotatable bonds is 4. The predicted octanol–water partition coefficient (Wildman–Crippen LogP) is 4.19. The van der Waals surface area contributed by atoms with E-state index in [1.54, 1.807) is 4.90 Å². The maximum atomic E-state index is 13.2. The monoisotopic (exact) mass is 431 g/mol. The van der Waals surface area contributed by atoms with E-state index < -0.39 is 6.10 Å². The Morgan fingerprint density at radius 3 is 2.84 bits per heavy atom. The standard InChI is InChI=1S/C24H25N5O3/c1-15(2)29-14-25-19-12-17(8-9-20(19)29)24(30)28-10-11-31-21(13-28)23-26-22(27-32-23)18-7-5-4-6-16(18)3/h4-9,12,14-15,21H,10-11,13H2,1-3H3/t21-/m1/s1. The van der Waals surface area contributed by atoms with Gasteiger partial charge in [-0.15, -0.1) is 0 Å². The molecule has 8 nitrogen and oxygen atoms in total. The lowest BCUT2D eigenvalue weighted by Crippen LogP contribution is -2.42. The third-order valence-electron chi connectivity index (χ3n) is 5.83. The van der Waals surface area contributed by atoms with Gasteiger partial charge in [0.15, 0.2) is 6.10 Å². The highest BCUT2D eigenvalue weighted by atomic mass is 16.5. The Morgan fingerprint density at radius 1 is 1.19 bits per heavy atom. The summed E-state index contributed by atoms with van der Waals surface area (Å²) in [7, 11) is 0. The number of morpholine rings is 1. The first-order valence-electron chi connectivity index (χ1n) is 10.8. The number of nitrogens with zero attached hydrogens (tertiary/aromatic N) is 5. The number of carbonyl (C=O) groups is 1. The molecule has 1 saturated heterocycles. The Bertz CT molecular complexity index is 1280. The molecule has 8 heteroatoms. The normalized spacial score (nSPS) is 16.8. The summed E-state index contributed by atoms with van der Waals surface area (Å²) in [5.74, 6) is 0.848. The van der Waals surface area contributed by atoms with Gasteiger partial charge in [0.25, 0.3) is 11.8 Å². The fourth-order valence-corrected chi connectivity index (χ4v) is 4.04. The largest absolute Gasteiger partial charge is 0.365 e. The van der Waals surface area contributed by atoms with Crippen LogP contribution in [-0.2, 0) is 4.74 Å². The number of benzene rings is 2. The van der Waals surface area contributed by atoms with Gasteiger partial charge < -0.3 is 18.7 Å². The van der Waals surface area contributed by atoms with E-state index in [0.29, 0.717) is 43.0 Å². The van der Waals surface area contributed by atoms with Gasteiger partial charge in [-0.3, -0.25) is 4.79 Å². The Balaban J connectivity index is 1.34. The number of amides is 1. The highest BCUT2D eigenvalue weighted by Gasteiger charge is 2.30. The second kappa shape index (κ2) is 8.20. The lowest BCUT2D eigenvalue weighted by Gasteiger charge is -2.31. The van der Waals surface area contributed by atoms with Crippen molar-refractivity contribution in [2.45, 2.75) is 32.9 Å². The zero-order valence-electron chi connectivity index (χ0n) is 18.4. The number of aromatic nitrogens is 4. The van der Waals surface area contributed by atoms with Gasteiger partial charge in [0, 0.05) is 23.7 Å². The molecular weight excluding hydrogens is 406 g/mol. The van der Waals surface area contributed by atoms with Crippen LogP contribution in [0, 0.1) is 6.92 Å². The molecular formula is C24H25N5O3. The molecule has 0 aliphatic carbocycles. The summed E-state index contributed by atoms with van der Waals surface area (Å²) >= 11 is 0. The number of fused-ring (bicyclic) bond motifs is 1. The predicted molar refractivity (Wildman–Crippen MR) is 119 cm³/mol. The molecule has 1 aliphatic heterocycles. The van der Waals surface area contributed by atoms with E-state index in [4.69, 9.17) is 9.26 Å². The topological polar surface area (TPSA) is 86.3 Å². The molecule has 3 heterocycles. The minimum atomic E-state index is -0.457. The summed E-state index contributed by atoms with van der Waals surface area (Å²) in [5.41, 5.74) is 4.43. The van der Waals surface area contributed by atoms with Crippen molar-refractivity contribution < 1.29 is 14.1 Å². The van der Waals surface area contributed by atoms with E-state index in [2.05, 4.69) is 33.5 Å². The Kier molecular flexibility index (Phi) is 5.22. The molecule has 1 atom stereocenters. The highest BCUT2D eigenvalue weighted by molar-refractivity contribution is 5.97. The van der Waals surface area contributed by atoms with Crippen LogP contribution < -0.4 is 0 Å². The fraction of sp³-hybridized carbons (Fsp3) is 0.333. The van der Waals surface area contributed by atoms with Crippen LogP contribution in [0.2, 0.25) is 0 Å². The van der Waals surface area contributed by atoms with Gasteiger partial charge in [-0.05, 0) is 44.5 Å². The van der Waals surface area contributed by atoms with Crippen molar-refractivity contribution in [3.63, 3.8) is 0 Å². The van der Waals surface area contributed by atoms with Gasteiger partial charge in [-0.2, -0.15) is 4.98 Å². The molecule has 0 radical (unpaired) electrons. The molecule has 0 N–H and O–H groups in total. The maximum absolute atomic E-state index is 13.2. The third-order valence-corrected chi connectivity index (χ3v) is 5.83. The summed E-state index contributed by atoms with van der Waals surface area (Å²) in [5, 5.41) is 4.12. The summed E-state index contributed by atoms with van der Waals surface area (Å²) in [4.78, 5) is 24.0. The second-order valence-corrected chi connectivity index (χ2v) is 8.33.